The lowest BCUT2D eigenvalue weighted by Gasteiger charge is -2.29. The van der Waals surface area contributed by atoms with Crippen LogP contribution in [0.4, 0.5) is 5.82 Å². The van der Waals surface area contributed by atoms with Crippen LogP contribution in [0.15, 0.2) is 18.3 Å². The molecule has 0 radical (unpaired) electrons. The van der Waals surface area contributed by atoms with Crippen LogP contribution >= 0.6 is 0 Å². The summed E-state index contributed by atoms with van der Waals surface area (Å²) < 4.78 is 5.29. The minimum absolute atomic E-state index is 0.322. The van der Waals surface area contributed by atoms with Gasteiger partial charge in [-0.2, -0.15) is 5.26 Å². The van der Waals surface area contributed by atoms with Crippen LogP contribution in [0.2, 0.25) is 0 Å². The highest BCUT2D eigenvalue weighted by atomic mass is 16.5. The van der Waals surface area contributed by atoms with Crippen LogP contribution in [0.1, 0.15) is 5.56 Å². The Kier molecular flexibility index (Phi) is 3.88. The summed E-state index contributed by atoms with van der Waals surface area (Å²) in [6.07, 6.45) is 1.39. The zero-order valence-electron chi connectivity index (χ0n) is 9.47. The average Bonchev–Trinajstić information content (AvgIpc) is 2.39. The maximum absolute atomic E-state index is 8.82. The Hall–Kier alpha value is -1.68. The third kappa shape index (κ3) is 3.14. The summed E-state index contributed by atoms with van der Waals surface area (Å²) in [6, 6.07) is 5.98. The molecule has 2 heterocycles. The Labute approximate surface area is 100.0 Å². The third-order valence-electron chi connectivity index (χ3n) is 2.67. The zero-order valence-corrected chi connectivity index (χ0v) is 9.47. The van der Waals surface area contributed by atoms with Crippen LogP contribution in [0.25, 0.3) is 0 Å². The van der Waals surface area contributed by atoms with E-state index in [1.54, 1.807) is 6.20 Å². The molecule has 0 amide bonds. The van der Waals surface area contributed by atoms with Crippen molar-refractivity contribution in [2.24, 2.45) is 5.84 Å². The van der Waals surface area contributed by atoms with Crippen molar-refractivity contribution in [2.45, 2.75) is 12.6 Å². The van der Waals surface area contributed by atoms with Crippen molar-refractivity contribution >= 4 is 5.82 Å². The summed E-state index contributed by atoms with van der Waals surface area (Å²) in [5.41, 5.74) is 3.64. The molecule has 1 aliphatic heterocycles. The molecule has 1 fully saturated rings. The fraction of sp³-hybridized carbons (Fsp3) is 0.455. The van der Waals surface area contributed by atoms with Gasteiger partial charge in [-0.25, -0.2) is 10.8 Å². The molecular weight excluding hydrogens is 218 g/mol. The number of nitrogens with zero attached hydrogens (tertiary/aromatic N) is 3. The molecule has 0 aromatic carbocycles. The Bertz CT molecular complexity index is 417. The number of nitrogen functional groups attached to an aromatic ring is 1. The number of hydrazine groups is 1. The molecule has 1 atom stereocenters. The van der Waals surface area contributed by atoms with E-state index in [1.807, 2.05) is 12.1 Å². The largest absolute Gasteiger partial charge is 0.361 e. The van der Waals surface area contributed by atoms with E-state index >= 15 is 0 Å². The lowest BCUT2D eigenvalue weighted by Crippen LogP contribution is -2.41. The van der Waals surface area contributed by atoms with Gasteiger partial charge in [-0.3, -0.25) is 4.90 Å². The molecule has 0 spiro atoms. The summed E-state index contributed by atoms with van der Waals surface area (Å²) in [6.45, 7) is 2.86. The van der Waals surface area contributed by atoms with E-state index in [0.717, 1.165) is 18.7 Å². The molecule has 1 aromatic rings. The van der Waals surface area contributed by atoms with Gasteiger partial charge in [0, 0.05) is 25.8 Å². The standard InChI is InChI=1S/C11H15N5O/c12-6-10-8-16(3-4-17-10)7-9-1-2-14-11(5-9)15-13/h1-2,5,10H,3-4,7-8,13H2,(H,14,15). The van der Waals surface area contributed by atoms with E-state index < -0.39 is 0 Å². The lowest BCUT2D eigenvalue weighted by molar-refractivity contribution is -0.00269. The molecule has 6 heteroatoms. The first-order chi connectivity index (χ1) is 8.31. The Morgan fingerprint density at radius 3 is 3.35 bits per heavy atom. The minimum atomic E-state index is -0.322. The molecule has 17 heavy (non-hydrogen) atoms. The molecule has 1 saturated heterocycles. The monoisotopic (exact) mass is 233 g/mol. The lowest BCUT2D eigenvalue weighted by atomic mass is 10.2. The highest BCUT2D eigenvalue weighted by Gasteiger charge is 2.19. The van der Waals surface area contributed by atoms with Crippen molar-refractivity contribution in [2.75, 3.05) is 25.1 Å². The molecular formula is C11H15N5O. The maximum Gasteiger partial charge on any atom is 0.156 e. The zero-order chi connectivity index (χ0) is 12.1. The summed E-state index contributed by atoms with van der Waals surface area (Å²) in [7, 11) is 0. The van der Waals surface area contributed by atoms with Crippen molar-refractivity contribution in [3.63, 3.8) is 0 Å². The first kappa shape index (κ1) is 11.8. The van der Waals surface area contributed by atoms with E-state index in [2.05, 4.69) is 21.4 Å². The number of hydrogen-bond donors (Lipinski definition) is 2. The SMILES string of the molecule is N#CC1CN(Cc2ccnc(NN)c2)CCO1. The van der Waals surface area contributed by atoms with Gasteiger partial charge in [0.05, 0.1) is 12.7 Å². The fourth-order valence-corrected chi connectivity index (χ4v) is 1.83. The van der Waals surface area contributed by atoms with Crippen LogP contribution in [-0.2, 0) is 11.3 Å². The summed E-state index contributed by atoms with van der Waals surface area (Å²) in [5, 5.41) is 8.82. The number of aromatic nitrogens is 1. The highest BCUT2D eigenvalue weighted by Crippen LogP contribution is 2.12. The molecule has 1 unspecified atom stereocenters. The van der Waals surface area contributed by atoms with Gasteiger partial charge in [-0.05, 0) is 17.7 Å². The van der Waals surface area contributed by atoms with Gasteiger partial charge >= 0.3 is 0 Å². The van der Waals surface area contributed by atoms with Crippen molar-refractivity contribution in [1.29, 1.82) is 5.26 Å². The van der Waals surface area contributed by atoms with E-state index in [-0.39, 0.29) is 6.10 Å². The smallest absolute Gasteiger partial charge is 0.156 e. The average molecular weight is 233 g/mol. The van der Waals surface area contributed by atoms with Gasteiger partial charge in [0.2, 0.25) is 0 Å². The number of rotatable bonds is 3. The summed E-state index contributed by atoms with van der Waals surface area (Å²) in [5.74, 6) is 5.95. The second-order valence-electron chi connectivity index (χ2n) is 3.92. The molecule has 90 valence electrons. The van der Waals surface area contributed by atoms with Crippen LogP contribution in [0.5, 0.6) is 0 Å². The van der Waals surface area contributed by atoms with E-state index in [9.17, 15) is 0 Å². The van der Waals surface area contributed by atoms with Gasteiger partial charge in [0.25, 0.3) is 0 Å². The molecule has 0 saturated carbocycles. The number of pyridine rings is 1. The van der Waals surface area contributed by atoms with Crippen LogP contribution < -0.4 is 11.3 Å². The van der Waals surface area contributed by atoms with Crippen LogP contribution in [-0.4, -0.2) is 35.7 Å². The van der Waals surface area contributed by atoms with Gasteiger partial charge in [0.15, 0.2) is 6.10 Å². The van der Waals surface area contributed by atoms with Crippen LogP contribution in [0, 0.1) is 11.3 Å². The van der Waals surface area contributed by atoms with Gasteiger partial charge in [-0.1, -0.05) is 0 Å². The van der Waals surface area contributed by atoms with E-state index in [0.29, 0.717) is 19.0 Å². The first-order valence-corrected chi connectivity index (χ1v) is 5.47. The number of nitriles is 1. The number of hydrogen-bond acceptors (Lipinski definition) is 6. The molecule has 6 nitrogen and oxygen atoms in total. The molecule has 1 aliphatic rings. The second-order valence-corrected chi connectivity index (χ2v) is 3.92. The molecule has 0 bridgehead atoms. The normalized spacial score (nSPS) is 20.8. The maximum atomic E-state index is 8.82. The van der Waals surface area contributed by atoms with Crippen LogP contribution in [0.3, 0.4) is 0 Å². The molecule has 1 aromatic heterocycles. The number of nitrogens with two attached hydrogens (primary N) is 1. The minimum Gasteiger partial charge on any atom is -0.361 e. The highest BCUT2D eigenvalue weighted by molar-refractivity contribution is 5.35. The van der Waals surface area contributed by atoms with Gasteiger partial charge in [-0.15, -0.1) is 0 Å². The van der Waals surface area contributed by atoms with E-state index in [4.69, 9.17) is 15.8 Å². The number of ether oxygens (including phenoxy) is 1. The Morgan fingerprint density at radius 2 is 2.59 bits per heavy atom. The predicted molar refractivity (Wildman–Crippen MR) is 62.7 cm³/mol. The number of morpholine rings is 1. The Balaban J connectivity index is 1.98. The van der Waals surface area contributed by atoms with Gasteiger partial charge in [0.1, 0.15) is 5.82 Å². The number of anilines is 1. The third-order valence-corrected chi connectivity index (χ3v) is 2.67. The summed E-state index contributed by atoms with van der Waals surface area (Å²) in [4.78, 5) is 6.24. The molecule has 3 N–H and O–H groups in total. The fourth-order valence-electron chi connectivity index (χ4n) is 1.83. The first-order valence-electron chi connectivity index (χ1n) is 5.47. The van der Waals surface area contributed by atoms with Crippen molar-refractivity contribution in [3.05, 3.63) is 23.9 Å². The Morgan fingerprint density at radius 1 is 1.71 bits per heavy atom. The van der Waals surface area contributed by atoms with Crippen molar-refractivity contribution in [3.8, 4) is 6.07 Å². The topological polar surface area (TPSA) is 87.2 Å². The summed E-state index contributed by atoms with van der Waals surface area (Å²) >= 11 is 0. The predicted octanol–water partition coefficient (Wildman–Crippen LogP) is 0.0916. The van der Waals surface area contributed by atoms with Crippen molar-refractivity contribution < 1.29 is 4.74 Å². The van der Waals surface area contributed by atoms with E-state index in [1.165, 1.54) is 0 Å². The quantitative estimate of drug-likeness (QED) is 0.568. The second kappa shape index (κ2) is 5.59. The van der Waals surface area contributed by atoms with Crippen molar-refractivity contribution in [1.82, 2.24) is 9.88 Å². The van der Waals surface area contributed by atoms with Gasteiger partial charge < -0.3 is 10.2 Å². The number of nitrogens with one attached hydrogen (secondary N) is 1. The molecule has 2 rings (SSSR count). The molecule has 0 aliphatic carbocycles.